The van der Waals surface area contributed by atoms with Crippen molar-refractivity contribution >= 4 is 5.91 Å². The summed E-state index contributed by atoms with van der Waals surface area (Å²) in [6.45, 7) is 10.1. The van der Waals surface area contributed by atoms with Crippen molar-refractivity contribution in [2.45, 2.75) is 33.7 Å². The summed E-state index contributed by atoms with van der Waals surface area (Å²) in [4.78, 5) is 13.7. The van der Waals surface area contributed by atoms with Crippen LogP contribution < -0.4 is 5.32 Å². The third-order valence-corrected chi connectivity index (χ3v) is 3.22. The number of rotatable bonds is 6. The lowest BCUT2D eigenvalue weighted by molar-refractivity contribution is -0.129. The first-order valence-corrected chi connectivity index (χ1v) is 6.66. The molecule has 0 radical (unpaired) electrons. The van der Waals surface area contributed by atoms with Crippen molar-refractivity contribution in [1.82, 2.24) is 10.2 Å². The fourth-order valence-corrected chi connectivity index (χ4v) is 1.99. The summed E-state index contributed by atoms with van der Waals surface area (Å²) in [6.07, 6.45) is 0. The Kier molecular flexibility index (Phi) is 5.86. The zero-order valence-corrected chi connectivity index (χ0v) is 11.9. The maximum Gasteiger partial charge on any atom is 0.236 e. The average Bonchev–Trinajstić information content (AvgIpc) is 2.37. The summed E-state index contributed by atoms with van der Waals surface area (Å²) in [7, 11) is 0. The monoisotopic (exact) mass is 248 g/mol. The van der Waals surface area contributed by atoms with E-state index in [4.69, 9.17) is 0 Å². The van der Waals surface area contributed by atoms with Crippen LogP contribution in [0.2, 0.25) is 0 Å². The van der Waals surface area contributed by atoms with Crippen LogP contribution in [0.4, 0.5) is 0 Å². The molecule has 1 amide bonds. The molecule has 1 atom stereocenters. The van der Waals surface area contributed by atoms with Crippen LogP contribution in [0.5, 0.6) is 0 Å². The molecule has 1 aromatic rings. The summed E-state index contributed by atoms with van der Waals surface area (Å²) in [6, 6.07) is 8.57. The molecule has 1 rings (SSSR count). The van der Waals surface area contributed by atoms with E-state index in [1.807, 2.05) is 18.7 Å². The summed E-state index contributed by atoms with van der Waals surface area (Å²) >= 11 is 0. The normalized spacial score (nSPS) is 12.2. The first kappa shape index (κ1) is 14.7. The van der Waals surface area contributed by atoms with Gasteiger partial charge in [-0.25, -0.2) is 0 Å². The highest BCUT2D eigenvalue weighted by Crippen LogP contribution is 2.13. The van der Waals surface area contributed by atoms with Crippen LogP contribution in [-0.4, -0.2) is 30.4 Å². The summed E-state index contributed by atoms with van der Waals surface area (Å²) in [5, 5.41) is 3.28. The van der Waals surface area contributed by atoms with Gasteiger partial charge in [-0.05, 0) is 33.3 Å². The molecule has 1 aromatic carbocycles. The minimum absolute atomic E-state index is 0.166. The van der Waals surface area contributed by atoms with Crippen molar-refractivity contribution in [3.05, 3.63) is 35.4 Å². The molecule has 3 heteroatoms. The third-order valence-electron chi connectivity index (χ3n) is 3.22. The quantitative estimate of drug-likeness (QED) is 0.839. The molecule has 0 unspecified atom stereocenters. The number of benzene rings is 1. The van der Waals surface area contributed by atoms with Gasteiger partial charge < -0.3 is 10.2 Å². The Bertz CT molecular complexity index is 386. The molecule has 0 aliphatic carbocycles. The highest BCUT2D eigenvalue weighted by Gasteiger charge is 2.11. The topological polar surface area (TPSA) is 32.3 Å². The van der Waals surface area contributed by atoms with Crippen molar-refractivity contribution in [1.29, 1.82) is 0 Å². The summed E-state index contributed by atoms with van der Waals surface area (Å²) in [5.41, 5.74) is 2.47. The van der Waals surface area contributed by atoms with Crippen LogP contribution in [0.1, 0.15) is 37.9 Å². The van der Waals surface area contributed by atoms with Gasteiger partial charge in [-0.2, -0.15) is 0 Å². The molecule has 0 fully saturated rings. The van der Waals surface area contributed by atoms with Gasteiger partial charge >= 0.3 is 0 Å². The number of hydrogen-bond donors (Lipinski definition) is 1. The molecule has 1 N–H and O–H groups in total. The van der Waals surface area contributed by atoms with Crippen LogP contribution in [0.3, 0.4) is 0 Å². The van der Waals surface area contributed by atoms with E-state index in [0.29, 0.717) is 6.54 Å². The zero-order valence-electron chi connectivity index (χ0n) is 11.9. The number of likely N-dealkylation sites (N-methyl/N-ethyl adjacent to an activating group) is 1. The fourth-order valence-electron chi connectivity index (χ4n) is 1.99. The van der Waals surface area contributed by atoms with Crippen LogP contribution in [0.25, 0.3) is 0 Å². The van der Waals surface area contributed by atoms with Crippen LogP contribution in [0, 0.1) is 6.92 Å². The molecule has 0 aliphatic rings. The lowest BCUT2D eigenvalue weighted by atomic mass is 10.1. The number of hydrogen-bond acceptors (Lipinski definition) is 2. The smallest absolute Gasteiger partial charge is 0.236 e. The molecular formula is C15H24N2O. The first-order valence-electron chi connectivity index (χ1n) is 6.66. The van der Waals surface area contributed by atoms with Gasteiger partial charge in [-0.15, -0.1) is 0 Å². The maximum absolute atomic E-state index is 11.9. The van der Waals surface area contributed by atoms with E-state index in [1.165, 1.54) is 11.1 Å². The molecule has 0 spiro atoms. The molecular weight excluding hydrogens is 224 g/mol. The zero-order chi connectivity index (χ0) is 13.5. The number of carbonyl (C=O) groups excluding carboxylic acids is 1. The van der Waals surface area contributed by atoms with Gasteiger partial charge in [-0.1, -0.05) is 29.8 Å². The lowest BCUT2D eigenvalue weighted by Crippen LogP contribution is -2.38. The van der Waals surface area contributed by atoms with E-state index >= 15 is 0 Å². The minimum Gasteiger partial charge on any atom is -0.342 e. The van der Waals surface area contributed by atoms with Gasteiger partial charge in [0.05, 0.1) is 6.54 Å². The SMILES string of the molecule is CCN(CC)C(=O)CN[C@H](C)c1cccc(C)c1. The third kappa shape index (κ3) is 4.15. The molecule has 0 saturated carbocycles. The Morgan fingerprint density at radius 3 is 2.56 bits per heavy atom. The van der Waals surface area contributed by atoms with Crippen LogP contribution in [-0.2, 0) is 4.79 Å². The maximum atomic E-state index is 11.9. The van der Waals surface area contributed by atoms with Crippen molar-refractivity contribution < 1.29 is 4.79 Å². The Morgan fingerprint density at radius 2 is 2.00 bits per heavy atom. The van der Waals surface area contributed by atoms with E-state index < -0.39 is 0 Å². The van der Waals surface area contributed by atoms with E-state index in [0.717, 1.165) is 13.1 Å². The van der Waals surface area contributed by atoms with Crippen molar-refractivity contribution in [2.75, 3.05) is 19.6 Å². The van der Waals surface area contributed by atoms with Gasteiger partial charge in [0.2, 0.25) is 5.91 Å². The molecule has 0 aromatic heterocycles. The Balaban J connectivity index is 2.51. The Labute approximate surface area is 110 Å². The van der Waals surface area contributed by atoms with E-state index in [1.54, 1.807) is 0 Å². The number of carbonyl (C=O) groups is 1. The lowest BCUT2D eigenvalue weighted by Gasteiger charge is -2.21. The Hall–Kier alpha value is -1.35. The standard InChI is InChI=1S/C15H24N2O/c1-5-17(6-2)15(18)11-16-13(4)14-9-7-8-12(3)10-14/h7-10,13,16H,5-6,11H2,1-4H3/t13-/m1/s1. The molecule has 0 heterocycles. The second-order valence-electron chi connectivity index (χ2n) is 4.58. The molecule has 0 bridgehead atoms. The van der Waals surface area contributed by atoms with Crippen molar-refractivity contribution in [3.63, 3.8) is 0 Å². The van der Waals surface area contributed by atoms with E-state index in [-0.39, 0.29) is 11.9 Å². The fraction of sp³-hybridized carbons (Fsp3) is 0.533. The van der Waals surface area contributed by atoms with E-state index in [9.17, 15) is 4.79 Å². The summed E-state index contributed by atoms with van der Waals surface area (Å²) < 4.78 is 0. The number of nitrogens with one attached hydrogen (secondary N) is 1. The largest absolute Gasteiger partial charge is 0.342 e. The Morgan fingerprint density at radius 1 is 1.33 bits per heavy atom. The van der Waals surface area contributed by atoms with Crippen molar-refractivity contribution in [2.24, 2.45) is 0 Å². The number of aryl methyl sites for hydroxylation is 1. The highest BCUT2D eigenvalue weighted by molar-refractivity contribution is 5.78. The van der Waals surface area contributed by atoms with Gasteiger partial charge in [-0.3, -0.25) is 4.79 Å². The molecule has 100 valence electrons. The van der Waals surface area contributed by atoms with Gasteiger partial charge in [0.1, 0.15) is 0 Å². The van der Waals surface area contributed by atoms with Crippen LogP contribution >= 0.6 is 0 Å². The van der Waals surface area contributed by atoms with Gasteiger partial charge in [0.25, 0.3) is 0 Å². The molecule has 0 aliphatic heterocycles. The van der Waals surface area contributed by atoms with Gasteiger partial charge in [0, 0.05) is 19.1 Å². The predicted molar refractivity (Wildman–Crippen MR) is 75.5 cm³/mol. The van der Waals surface area contributed by atoms with Gasteiger partial charge in [0.15, 0.2) is 0 Å². The summed E-state index contributed by atoms with van der Waals surface area (Å²) in [5.74, 6) is 0.166. The predicted octanol–water partition coefficient (Wildman–Crippen LogP) is 2.51. The minimum atomic E-state index is 0.166. The second kappa shape index (κ2) is 7.17. The second-order valence-corrected chi connectivity index (χ2v) is 4.58. The first-order chi connectivity index (χ1) is 8.58. The van der Waals surface area contributed by atoms with Crippen molar-refractivity contribution in [3.8, 4) is 0 Å². The van der Waals surface area contributed by atoms with Crippen LogP contribution in [0.15, 0.2) is 24.3 Å². The molecule has 18 heavy (non-hydrogen) atoms. The molecule has 0 saturated heterocycles. The molecule has 3 nitrogen and oxygen atoms in total. The number of nitrogens with zero attached hydrogens (tertiary/aromatic N) is 1. The van der Waals surface area contributed by atoms with E-state index in [2.05, 4.69) is 43.4 Å². The average molecular weight is 248 g/mol. The number of amides is 1. The highest BCUT2D eigenvalue weighted by atomic mass is 16.2.